The molecule has 1 aromatic heterocycles. The van der Waals surface area contributed by atoms with Gasteiger partial charge in [0, 0.05) is 31.2 Å². The SMILES string of the molecule is C1=NC(Cc2cccnc2)N=C1. The molecule has 1 aromatic rings. The summed E-state index contributed by atoms with van der Waals surface area (Å²) >= 11 is 0. The van der Waals surface area contributed by atoms with Crippen molar-refractivity contribution in [2.24, 2.45) is 9.98 Å². The van der Waals surface area contributed by atoms with Gasteiger partial charge in [-0.25, -0.2) is 0 Å². The summed E-state index contributed by atoms with van der Waals surface area (Å²) in [5.41, 5.74) is 1.18. The molecule has 0 unspecified atom stereocenters. The Hall–Kier alpha value is -1.51. The van der Waals surface area contributed by atoms with Gasteiger partial charge in [0.05, 0.1) is 0 Å². The van der Waals surface area contributed by atoms with Gasteiger partial charge < -0.3 is 0 Å². The van der Waals surface area contributed by atoms with Crippen LogP contribution in [0.4, 0.5) is 0 Å². The Morgan fingerprint density at radius 2 is 2.08 bits per heavy atom. The molecule has 0 fully saturated rings. The zero-order valence-electron chi connectivity index (χ0n) is 6.59. The smallest absolute Gasteiger partial charge is 0.143 e. The van der Waals surface area contributed by atoms with Crippen molar-refractivity contribution in [1.82, 2.24) is 4.98 Å². The van der Waals surface area contributed by atoms with Crippen LogP contribution >= 0.6 is 0 Å². The Balaban J connectivity index is 2.04. The Bertz CT molecular complexity index is 291. The molecular formula is C9H9N3. The molecule has 0 bridgehead atoms. The van der Waals surface area contributed by atoms with Gasteiger partial charge in [-0.15, -0.1) is 0 Å². The summed E-state index contributed by atoms with van der Waals surface area (Å²) in [5.74, 6) is 0. The minimum atomic E-state index is 0.0780. The van der Waals surface area contributed by atoms with Crippen molar-refractivity contribution in [2.45, 2.75) is 12.6 Å². The van der Waals surface area contributed by atoms with Crippen LogP contribution in [0.5, 0.6) is 0 Å². The average molecular weight is 159 g/mol. The number of hydrogen-bond donors (Lipinski definition) is 0. The van der Waals surface area contributed by atoms with Crippen LogP contribution in [-0.2, 0) is 6.42 Å². The molecule has 0 N–H and O–H groups in total. The van der Waals surface area contributed by atoms with Crippen LogP contribution in [0.1, 0.15) is 5.56 Å². The van der Waals surface area contributed by atoms with Gasteiger partial charge >= 0.3 is 0 Å². The van der Waals surface area contributed by atoms with Crippen molar-refractivity contribution in [1.29, 1.82) is 0 Å². The minimum Gasteiger partial charge on any atom is -0.265 e. The Morgan fingerprint density at radius 1 is 1.25 bits per heavy atom. The maximum absolute atomic E-state index is 4.16. The lowest BCUT2D eigenvalue weighted by Gasteiger charge is -2.02. The van der Waals surface area contributed by atoms with E-state index in [-0.39, 0.29) is 6.17 Å². The van der Waals surface area contributed by atoms with Gasteiger partial charge in [-0.3, -0.25) is 15.0 Å². The molecule has 2 rings (SSSR count). The molecule has 0 aliphatic carbocycles. The molecule has 0 amide bonds. The first kappa shape index (κ1) is 7.16. The fourth-order valence-electron chi connectivity index (χ4n) is 1.15. The molecule has 0 saturated carbocycles. The maximum atomic E-state index is 4.16. The molecule has 0 aromatic carbocycles. The highest BCUT2D eigenvalue weighted by Gasteiger charge is 2.06. The summed E-state index contributed by atoms with van der Waals surface area (Å²) in [6, 6.07) is 3.97. The highest BCUT2D eigenvalue weighted by Crippen LogP contribution is 2.06. The van der Waals surface area contributed by atoms with E-state index >= 15 is 0 Å². The van der Waals surface area contributed by atoms with Gasteiger partial charge in [0.1, 0.15) is 6.17 Å². The average Bonchev–Trinajstić information content (AvgIpc) is 2.59. The van der Waals surface area contributed by atoms with Crippen molar-refractivity contribution in [2.75, 3.05) is 0 Å². The number of rotatable bonds is 2. The second kappa shape index (κ2) is 3.26. The second-order valence-corrected chi connectivity index (χ2v) is 2.64. The Morgan fingerprint density at radius 3 is 2.75 bits per heavy atom. The normalized spacial score (nSPS) is 15.7. The fourth-order valence-corrected chi connectivity index (χ4v) is 1.15. The third kappa shape index (κ3) is 1.56. The first-order chi connectivity index (χ1) is 5.95. The molecule has 0 saturated heterocycles. The molecular weight excluding hydrogens is 150 g/mol. The first-order valence-corrected chi connectivity index (χ1v) is 3.89. The Labute approximate surface area is 70.9 Å². The number of hydrogen-bond acceptors (Lipinski definition) is 3. The van der Waals surface area contributed by atoms with Crippen LogP contribution in [-0.4, -0.2) is 23.6 Å². The van der Waals surface area contributed by atoms with E-state index in [2.05, 4.69) is 15.0 Å². The lowest BCUT2D eigenvalue weighted by atomic mass is 10.2. The van der Waals surface area contributed by atoms with Gasteiger partial charge in [0.15, 0.2) is 0 Å². The standard InChI is InChI=1S/C9H9N3/c1-2-8(7-10-3-1)6-9-11-4-5-12-9/h1-5,7,9H,6H2. The van der Waals surface area contributed by atoms with Crippen molar-refractivity contribution >= 4 is 12.4 Å². The van der Waals surface area contributed by atoms with Crippen molar-refractivity contribution in [3.05, 3.63) is 30.1 Å². The number of aliphatic imine (C=N–C) groups is 2. The van der Waals surface area contributed by atoms with Gasteiger partial charge in [-0.2, -0.15) is 0 Å². The Kier molecular flexibility index (Phi) is 1.94. The van der Waals surface area contributed by atoms with Crippen molar-refractivity contribution < 1.29 is 0 Å². The summed E-state index contributed by atoms with van der Waals surface area (Å²) in [6.07, 6.45) is 8.02. The van der Waals surface area contributed by atoms with Gasteiger partial charge in [0.2, 0.25) is 0 Å². The van der Waals surface area contributed by atoms with Gasteiger partial charge in [0.25, 0.3) is 0 Å². The van der Waals surface area contributed by atoms with E-state index in [1.54, 1.807) is 18.6 Å². The third-order valence-electron chi connectivity index (χ3n) is 1.72. The summed E-state index contributed by atoms with van der Waals surface area (Å²) < 4.78 is 0. The highest BCUT2D eigenvalue weighted by atomic mass is 15.0. The van der Waals surface area contributed by atoms with Crippen LogP contribution in [0, 0.1) is 0 Å². The topological polar surface area (TPSA) is 37.6 Å². The van der Waals surface area contributed by atoms with Crippen LogP contribution in [0.15, 0.2) is 34.5 Å². The number of nitrogens with zero attached hydrogens (tertiary/aromatic N) is 3. The molecule has 2 heterocycles. The summed E-state index contributed by atoms with van der Waals surface area (Å²) in [5, 5.41) is 0. The summed E-state index contributed by atoms with van der Waals surface area (Å²) in [4.78, 5) is 12.3. The van der Waals surface area contributed by atoms with E-state index in [1.807, 2.05) is 18.3 Å². The predicted molar refractivity (Wildman–Crippen MR) is 48.7 cm³/mol. The predicted octanol–water partition coefficient (Wildman–Crippen LogP) is 1.11. The highest BCUT2D eigenvalue weighted by molar-refractivity contribution is 6.17. The van der Waals surface area contributed by atoms with Crippen LogP contribution in [0.3, 0.4) is 0 Å². The van der Waals surface area contributed by atoms with Gasteiger partial charge in [-0.1, -0.05) is 6.07 Å². The second-order valence-electron chi connectivity index (χ2n) is 2.64. The lowest BCUT2D eigenvalue weighted by Crippen LogP contribution is -2.01. The maximum Gasteiger partial charge on any atom is 0.143 e. The monoisotopic (exact) mass is 159 g/mol. The van der Waals surface area contributed by atoms with E-state index in [0.717, 1.165) is 6.42 Å². The number of aromatic nitrogens is 1. The van der Waals surface area contributed by atoms with E-state index in [0.29, 0.717) is 0 Å². The van der Waals surface area contributed by atoms with Gasteiger partial charge in [-0.05, 0) is 11.6 Å². The number of pyridine rings is 1. The molecule has 0 spiro atoms. The van der Waals surface area contributed by atoms with E-state index in [9.17, 15) is 0 Å². The van der Waals surface area contributed by atoms with Crippen LogP contribution in [0.25, 0.3) is 0 Å². The molecule has 3 nitrogen and oxygen atoms in total. The van der Waals surface area contributed by atoms with E-state index in [4.69, 9.17) is 0 Å². The lowest BCUT2D eigenvalue weighted by molar-refractivity contribution is 0.723. The summed E-state index contributed by atoms with van der Waals surface area (Å²) in [6.45, 7) is 0. The molecule has 3 heteroatoms. The van der Waals surface area contributed by atoms with E-state index in [1.165, 1.54) is 5.56 Å². The quantitative estimate of drug-likeness (QED) is 0.636. The minimum absolute atomic E-state index is 0.0780. The first-order valence-electron chi connectivity index (χ1n) is 3.89. The molecule has 0 atom stereocenters. The zero-order chi connectivity index (χ0) is 8.23. The molecule has 0 radical (unpaired) electrons. The molecule has 12 heavy (non-hydrogen) atoms. The van der Waals surface area contributed by atoms with Crippen molar-refractivity contribution in [3.63, 3.8) is 0 Å². The zero-order valence-corrected chi connectivity index (χ0v) is 6.59. The largest absolute Gasteiger partial charge is 0.265 e. The third-order valence-corrected chi connectivity index (χ3v) is 1.72. The van der Waals surface area contributed by atoms with E-state index < -0.39 is 0 Å². The molecule has 60 valence electrons. The summed E-state index contributed by atoms with van der Waals surface area (Å²) in [7, 11) is 0. The van der Waals surface area contributed by atoms with Crippen LogP contribution < -0.4 is 0 Å². The molecule has 1 aliphatic rings. The van der Waals surface area contributed by atoms with Crippen LogP contribution in [0.2, 0.25) is 0 Å². The van der Waals surface area contributed by atoms with Crippen molar-refractivity contribution in [3.8, 4) is 0 Å². The fraction of sp³-hybridized carbons (Fsp3) is 0.222. The molecule has 1 aliphatic heterocycles.